The van der Waals surface area contributed by atoms with Crippen LogP contribution in [0.15, 0.2) is 30.5 Å². The first-order valence-electron chi connectivity index (χ1n) is 8.32. The molecule has 6 nitrogen and oxygen atoms in total. The molecule has 0 spiro atoms. The number of aryl methyl sites for hydroxylation is 2. The summed E-state index contributed by atoms with van der Waals surface area (Å²) in [5, 5.41) is 7.24. The van der Waals surface area contributed by atoms with Crippen molar-refractivity contribution in [2.75, 3.05) is 19.8 Å². The van der Waals surface area contributed by atoms with Gasteiger partial charge in [0.25, 0.3) is 5.91 Å². The zero-order chi connectivity index (χ0) is 17.4. The Morgan fingerprint density at radius 1 is 1.17 bits per heavy atom. The molecular formula is C18H25N3O3. The number of carbonyl (C=O) groups excluding carboxylic acids is 1. The van der Waals surface area contributed by atoms with E-state index in [-0.39, 0.29) is 5.91 Å². The fraction of sp³-hybridized carbons (Fsp3) is 0.444. The van der Waals surface area contributed by atoms with Crippen LogP contribution in [0, 0.1) is 6.92 Å². The first-order chi connectivity index (χ1) is 11.6. The van der Waals surface area contributed by atoms with Crippen molar-refractivity contribution in [1.29, 1.82) is 0 Å². The van der Waals surface area contributed by atoms with E-state index in [2.05, 4.69) is 10.4 Å². The third-order valence-corrected chi connectivity index (χ3v) is 3.43. The number of nitrogens with zero attached hydrogens (tertiary/aromatic N) is 2. The molecule has 0 aliphatic carbocycles. The number of rotatable bonds is 9. The van der Waals surface area contributed by atoms with Gasteiger partial charge in [0.2, 0.25) is 0 Å². The first-order valence-corrected chi connectivity index (χ1v) is 8.32. The lowest BCUT2D eigenvalue weighted by atomic mass is 10.2. The normalized spacial score (nSPS) is 10.5. The number of nitrogens with one attached hydrogen (secondary N) is 1. The van der Waals surface area contributed by atoms with E-state index in [1.54, 1.807) is 18.2 Å². The third kappa shape index (κ3) is 5.01. The smallest absolute Gasteiger partial charge is 0.251 e. The molecule has 0 unspecified atom stereocenters. The maximum absolute atomic E-state index is 12.3. The number of aromatic nitrogens is 2. The Balaban J connectivity index is 1.87. The minimum absolute atomic E-state index is 0.115. The monoisotopic (exact) mass is 331 g/mol. The Hall–Kier alpha value is -2.50. The van der Waals surface area contributed by atoms with E-state index < -0.39 is 0 Å². The molecule has 1 N–H and O–H groups in total. The summed E-state index contributed by atoms with van der Waals surface area (Å²) in [6.07, 6.45) is 2.76. The van der Waals surface area contributed by atoms with Crippen molar-refractivity contribution in [2.24, 2.45) is 0 Å². The number of hydrogen-bond donors (Lipinski definition) is 1. The number of amides is 1. The maximum atomic E-state index is 12.3. The van der Waals surface area contributed by atoms with Gasteiger partial charge in [-0.15, -0.1) is 0 Å². The van der Waals surface area contributed by atoms with Gasteiger partial charge in [-0.3, -0.25) is 9.48 Å². The van der Waals surface area contributed by atoms with Crippen molar-refractivity contribution < 1.29 is 14.3 Å². The minimum Gasteiger partial charge on any atom is -0.490 e. The Bertz CT molecular complexity index is 667. The van der Waals surface area contributed by atoms with Crippen LogP contribution in [0.1, 0.15) is 36.3 Å². The lowest BCUT2D eigenvalue weighted by Crippen LogP contribution is -2.25. The topological polar surface area (TPSA) is 65.4 Å². The van der Waals surface area contributed by atoms with Crippen molar-refractivity contribution in [3.8, 4) is 11.5 Å². The van der Waals surface area contributed by atoms with Gasteiger partial charge in [0, 0.05) is 24.8 Å². The van der Waals surface area contributed by atoms with Crippen LogP contribution in [-0.4, -0.2) is 35.4 Å². The molecule has 130 valence electrons. The van der Waals surface area contributed by atoms with Crippen molar-refractivity contribution in [3.63, 3.8) is 0 Å². The van der Waals surface area contributed by atoms with Crippen molar-refractivity contribution in [1.82, 2.24) is 15.1 Å². The second kappa shape index (κ2) is 8.96. The van der Waals surface area contributed by atoms with Crippen molar-refractivity contribution >= 4 is 5.91 Å². The number of hydrogen-bond acceptors (Lipinski definition) is 4. The molecule has 0 aliphatic heterocycles. The van der Waals surface area contributed by atoms with Crippen molar-refractivity contribution in [2.45, 2.75) is 33.7 Å². The molecule has 0 bridgehead atoms. The largest absolute Gasteiger partial charge is 0.490 e. The summed E-state index contributed by atoms with van der Waals surface area (Å²) < 4.78 is 12.9. The van der Waals surface area contributed by atoms with Gasteiger partial charge in [0.1, 0.15) is 0 Å². The third-order valence-electron chi connectivity index (χ3n) is 3.43. The SMILES string of the molecule is CCOc1ccc(C(=O)NCCCn2ccc(C)n2)cc1OCC. The summed E-state index contributed by atoms with van der Waals surface area (Å²) in [6.45, 7) is 8.22. The molecule has 0 atom stereocenters. The molecule has 2 aromatic rings. The van der Waals surface area contributed by atoms with Gasteiger partial charge in [-0.2, -0.15) is 5.10 Å². The van der Waals surface area contributed by atoms with Crippen LogP contribution in [0.5, 0.6) is 11.5 Å². The summed E-state index contributed by atoms with van der Waals surface area (Å²) in [5.41, 5.74) is 1.56. The Labute approximate surface area is 142 Å². The first kappa shape index (κ1) is 17.8. The van der Waals surface area contributed by atoms with Crippen LogP contribution in [0.4, 0.5) is 0 Å². The highest BCUT2D eigenvalue weighted by molar-refractivity contribution is 5.94. The summed E-state index contributed by atoms with van der Waals surface area (Å²) in [4.78, 5) is 12.3. The zero-order valence-corrected chi connectivity index (χ0v) is 14.5. The van der Waals surface area contributed by atoms with Gasteiger partial charge in [-0.05, 0) is 51.5 Å². The second-order valence-corrected chi connectivity index (χ2v) is 5.36. The molecule has 1 aromatic carbocycles. The molecule has 1 heterocycles. The second-order valence-electron chi connectivity index (χ2n) is 5.36. The fourth-order valence-electron chi connectivity index (χ4n) is 2.33. The maximum Gasteiger partial charge on any atom is 0.251 e. The Kier molecular flexibility index (Phi) is 6.66. The van der Waals surface area contributed by atoms with E-state index >= 15 is 0 Å². The standard InChI is InChI=1S/C18H25N3O3/c1-4-23-16-8-7-15(13-17(16)24-5-2)18(22)19-10-6-11-21-12-9-14(3)20-21/h7-9,12-13H,4-6,10-11H2,1-3H3,(H,19,22). The molecule has 0 aliphatic rings. The minimum atomic E-state index is -0.115. The summed E-state index contributed by atoms with van der Waals surface area (Å²) >= 11 is 0. The Morgan fingerprint density at radius 2 is 1.92 bits per heavy atom. The highest BCUT2D eigenvalue weighted by atomic mass is 16.5. The van der Waals surface area contributed by atoms with Crippen LogP contribution in [0.3, 0.4) is 0 Å². The summed E-state index contributed by atoms with van der Waals surface area (Å²) in [6, 6.07) is 7.21. The number of carbonyl (C=O) groups is 1. The molecule has 0 saturated carbocycles. The molecule has 6 heteroatoms. The van der Waals surface area contributed by atoms with Crippen LogP contribution in [0.25, 0.3) is 0 Å². The molecule has 0 fully saturated rings. The average Bonchev–Trinajstić information content (AvgIpc) is 2.99. The van der Waals surface area contributed by atoms with E-state index in [9.17, 15) is 4.79 Å². The van der Waals surface area contributed by atoms with E-state index in [0.717, 1.165) is 18.7 Å². The number of ether oxygens (including phenoxy) is 2. The van der Waals surface area contributed by atoms with E-state index in [4.69, 9.17) is 9.47 Å². The van der Waals surface area contributed by atoms with E-state index in [0.29, 0.717) is 36.8 Å². The quantitative estimate of drug-likeness (QED) is 0.718. The highest BCUT2D eigenvalue weighted by Gasteiger charge is 2.11. The van der Waals surface area contributed by atoms with Crippen molar-refractivity contribution in [3.05, 3.63) is 41.7 Å². The zero-order valence-electron chi connectivity index (χ0n) is 14.5. The van der Waals surface area contributed by atoms with Gasteiger partial charge in [0.05, 0.1) is 18.9 Å². The van der Waals surface area contributed by atoms with Gasteiger partial charge in [-0.1, -0.05) is 0 Å². The fourth-order valence-corrected chi connectivity index (χ4v) is 2.33. The average molecular weight is 331 g/mol. The molecule has 2 rings (SSSR count). The molecule has 0 radical (unpaired) electrons. The van der Waals surface area contributed by atoms with E-state index in [1.165, 1.54) is 0 Å². The Morgan fingerprint density at radius 3 is 2.58 bits per heavy atom. The highest BCUT2D eigenvalue weighted by Crippen LogP contribution is 2.28. The van der Waals surface area contributed by atoms with Gasteiger partial charge >= 0.3 is 0 Å². The van der Waals surface area contributed by atoms with Crippen LogP contribution >= 0.6 is 0 Å². The summed E-state index contributed by atoms with van der Waals surface area (Å²) in [5.74, 6) is 1.14. The number of benzene rings is 1. The van der Waals surface area contributed by atoms with Gasteiger partial charge in [0.15, 0.2) is 11.5 Å². The lowest BCUT2D eigenvalue weighted by molar-refractivity contribution is 0.0952. The van der Waals surface area contributed by atoms with Crippen LogP contribution in [-0.2, 0) is 6.54 Å². The molecule has 1 aromatic heterocycles. The molecular weight excluding hydrogens is 306 g/mol. The van der Waals surface area contributed by atoms with Gasteiger partial charge < -0.3 is 14.8 Å². The molecule has 1 amide bonds. The lowest BCUT2D eigenvalue weighted by Gasteiger charge is -2.12. The predicted molar refractivity (Wildman–Crippen MR) is 92.7 cm³/mol. The van der Waals surface area contributed by atoms with Gasteiger partial charge in [-0.25, -0.2) is 0 Å². The van der Waals surface area contributed by atoms with Crippen LogP contribution < -0.4 is 14.8 Å². The predicted octanol–water partition coefficient (Wildman–Crippen LogP) is 2.81. The van der Waals surface area contributed by atoms with E-state index in [1.807, 2.05) is 37.7 Å². The summed E-state index contributed by atoms with van der Waals surface area (Å²) in [7, 11) is 0. The molecule has 0 saturated heterocycles. The van der Waals surface area contributed by atoms with Crippen LogP contribution in [0.2, 0.25) is 0 Å². The molecule has 24 heavy (non-hydrogen) atoms.